The second kappa shape index (κ2) is 7.61. The van der Waals surface area contributed by atoms with Gasteiger partial charge in [-0.1, -0.05) is 0 Å². The van der Waals surface area contributed by atoms with Crippen molar-refractivity contribution in [3.8, 4) is 0 Å². The van der Waals surface area contributed by atoms with Gasteiger partial charge >= 0.3 is 0 Å². The fourth-order valence-electron chi connectivity index (χ4n) is 3.92. The molecule has 2 aliphatic heterocycles. The number of likely N-dealkylation sites (tertiary alicyclic amines) is 2. The Bertz CT molecular complexity index is 549. The summed E-state index contributed by atoms with van der Waals surface area (Å²) in [7, 11) is 1.97. The van der Waals surface area contributed by atoms with Gasteiger partial charge in [0.05, 0.1) is 12.6 Å². The van der Waals surface area contributed by atoms with Crippen LogP contribution in [0.4, 0.5) is 0 Å². The lowest BCUT2D eigenvalue weighted by molar-refractivity contribution is -0.123. The van der Waals surface area contributed by atoms with Crippen LogP contribution in [-0.4, -0.2) is 68.7 Å². The van der Waals surface area contributed by atoms with Gasteiger partial charge < -0.3 is 14.8 Å². The topological polar surface area (TPSA) is 66.3 Å². The summed E-state index contributed by atoms with van der Waals surface area (Å²) in [6.45, 7) is 8.04. The lowest BCUT2D eigenvalue weighted by atomic mass is 10.0. The molecule has 1 unspecified atom stereocenters. The maximum Gasteiger partial charge on any atom is 0.234 e. The maximum absolute atomic E-state index is 12.5. The molecule has 2 aliphatic rings. The quantitative estimate of drug-likeness (QED) is 0.868. The van der Waals surface area contributed by atoms with Crippen LogP contribution in [0.3, 0.4) is 0 Å². The molecule has 1 N–H and O–H groups in total. The summed E-state index contributed by atoms with van der Waals surface area (Å²) >= 11 is 0. The highest BCUT2D eigenvalue weighted by atomic mass is 16.2. The molecule has 0 radical (unpaired) electrons. The predicted octanol–water partition coefficient (Wildman–Crippen LogP) is 0.941. The lowest BCUT2D eigenvalue weighted by Gasteiger charge is -2.35. The van der Waals surface area contributed by atoms with Crippen LogP contribution in [0, 0.1) is 0 Å². The zero-order chi connectivity index (χ0) is 17.1. The van der Waals surface area contributed by atoms with Gasteiger partial charge in [-0.2, -0.15) is 0 Å². The summed E-state index contributed by atoms with van der Waals surface area (Å²) < 4.78 is 1.96. The van der Waals surface area contributed by atoms with Crippen LogP contribution in [-0.2, 0) is 11.8 Å². The molecule has 0 aromatic carbocycles. The van der Waals surface area contributed by atoms with E-state index in [4.69, 9.17) is 0 Å². The Labute approximate surface area is 144 Å². The number of aryl methyl sites for hydroxylation is 1. The Hall–Kier alpha value is -1.47. The Morgan fingerprint density at radius 2 is 2.04 bits per heavy atom. The minimum atomic E-state index is 0.145. The number of piperidine rings is 1. The van der Waals surface area contributed by atoms with Crippen molar-refractivity contribution in [1.82, 2.24) is 29.9 Å². The Kier molecular flexibility index (Phi) is 5.50. The Morgan fingerprint density at radius 3 is 2.67 bits per heavy atom. The average Bonchev–Trinajstić information content (AvgIpc) is 3.16. The molecule has 2 fully saturated rings. The van der Waals surface area contributed by atoms with E-state index in [1.165, 1.54) is 0 Å². The van der Waals surface area contributed by atoms with E-state index in [1.807, 2.05) is 11.6 Å². The van der Waals surface area contributed by atoms with Gasteiger partial charge in [0, 0.05) is 32.2 Å². The first kappa shape index (κ1) is 17.4. The van der Waals surface area contributed by atoms with Gasteiger partial charge in [0.15, 0.2) is 0 Å². The number of nitrogens with one attached hydrogen (secondary N) is 1. The van der Waals surface area contributed by atoms with Crippen LogP contribution < -0.4 is 5.32 Å². The number of nitrogens with zero attached hydrogens (tertiary/aromatic N) is 5. The molecule has 1 amide bonds. The molecule has 0 spiro atoms. The fourth-order valence-corrected chi connectivity index (χ4v) is 3.92. The van der Waals surface area contributed by atoms with Gasteiger partial charge in [-0.05, 0) is 46.1 Å². The average molecular weight is 334 g/mol. The molecule has 7 nitrogen and oxygen atoms in total. The zero-order valence-electron chi connectivity index (χ0n) is 15.1. The van der Waals surface area contributed by atoms with Crippen molar-refractivity contribution in [3.63, 3.8) is 0 Å². The van der Waals surface area contributed by atoms with E-state index in [0.717, 1.165) is 51.1 Å². The van der Waals surface area contributed by atoms with E-state index in [0.29, 0.717) is 18.6 Å². The van der Waals surface area contributed by atoms with Gasteiger partial charge in [-0.15, -0.1) is 10.2 Å². The molecule has 134 valence electrons. The largest absolute Gasteiger partial charge is 0.352 e. The highest BCUT2D eigenvalue weighted by Gasteiger charge is 2.31. The number of carbonyl (C=O) groups is 1. The van der Waals surface area contributed by atoms with Crippen molar-refractivity contribution in [3.05, 3.63) is 12.2 Å². The molecule has 3 rings (SSSR count). The van der Waals surface area contributed by atoms with Crippen molar-refractivity contribution < 1.29 is 4.79 Å². The van der Waals surface area contributed by atoms with Crippen LogP contribution in [0.25, 0.3) is 0 Å². The molecule has 24 heavy (non-hydrogen) atoms. The Morgan fingerprint density at radius 1 is 1.29 bits per heavy atom. The molecule has 1 aromatic heterocycles. The summed E-state index contributed by atoms with van der Waals surface area (Å²) in [6, 6.07) is 1.13. The molecule has 7 heteroatoms. The van der Waals surface area contributed by atoms with Crippen molar-refractivity contribution in [2.45, 2.75) is 57.7 Å². The molecule has 3 heterocycles. The first-order valence-electron chi connectivity index (χ1n) is 9.16. The number of rotatable bonds is 5. The van der Waals surface area contributed by atoms with Gasteiger partial charge in [0.1, 0.15) is 12.2 Å². The minimum absolute atomic E-state index is 0.145. The number of aromatic nitrogens is 3. The summed E-state index contributed by atoms with van der Waals surface area (Å²) in [5.41, 5.74) is 0. The normalized spacial score (nSPS) is 23.9. The van der Waals surface area contributed by atoms with Crippen LogP contribution >= 0.6 is 0 Å². The number of amides is 1. The van der Waals surface area contributed by atoms with Crippen LogP contribution in [0.15, 0.2) is 6.33 Å². The van der Waals surface area contributed by atoms with Crippen molar-refractivity contribution >= 4 is 5.91 Å². The van der Waals surface area contributed by atoms with Crippen LogP contribution in [0.5, 0.6) is 0 Å². The lowest BCUT2D eigenvalue weighted by Crippen LogP contribution is -2.48. The third-order valence-electron chi connectivity index (χ3n) is 5.38. The van der Waals surface area contributed by atoms with Crippen molar-refractivity contribution in [1.29, 1.82) is 0 Å². The van der Waals surface area contributed by atoms with Crippen molar-refractivity contribution in [2.24, 2.45) is 7.05 Å². The molecule has 0 bridgehead atoms. The smallest absolute Gasteiger partial charge is 0.234 e. The third-order valence-corrected chi connectivity index (χ3v) is 5.38. The SMILES string of the molecule is CC(C)N1CCC(NC(=O)CN2CCCC2c2nncn2C)CC1. The molecule has 1 aromatic rings. The summed E-state index contributed by atoms with van der Waals surface area (Å²) in [4.78, 5) is 17.2. The van der Waals surface area contributed by atoms with Gasteiger partial charge in [0.2, 0.25) is 5.91 Å². The number of hydrogen-bond donors (Lipinski definition) is 1. The Balaban J connectivity index is 1.49. The molecule has 0 saturated carbocycles. The second-order valence-electron chi connectivity index (χ2n) is 7.40. The third kappa shape index (κ3) is 3.95. The first-order valence-corrected chi connectivity index (χ1v) is 9.16. The van der Waals surface area contributed by atoms with E-state index in [-0.39, 0.29) is 11.9 Å². The van der Waals surface area contributed by atoms with E-state index in [2.05, 4.69) is 39.2 Å². The zero-order valence-corrected chi connectivity index (χ0v) is 15.1. The van der Waals surface area contributed by atoms with Crippen molar-refractivity contribution in [2.75, 3.05) is 26.2 Å². The number of hydrogen-bond acceptors (Lipinski definition) is 5. The van der Waals surface area contributed by atoms with E-state index in [9.17, 15) is 4.79 Å². The van der Waals surface area contributed by atoms with E-state index >= 15 is 0 Å². The molecular weight excluding hydrogens is 304 g/mol. The van der Waals surface area contributed by atoms with Gasteiger partial charge in [0.25, 0.3) is 0 Å². The van der Waals surface area contributed by atoms with Gasteiger partial charge in [-0.25, -0.2) is 0 Å². The molecule has 0 aliphatic carbocycles. The van der Waals surface area contributed by atoms with E-state index < -0.39 is 0 Å². The summed E-state index contributed by atoms with van der Waals surface area (Å²) in [6.07, 6.45) is 5.99. The highest BCUT2D eigenvalue weighted by Crippen LogP contribution is 2.29. The second-order valence-corrected chi connectivity index (χ2v) is 7.40. The highest BCUT2D eigenvalue weighted by molar-refractivity contribution is 5.78. The monoisotopic (exact) mass is 334 g/mol. The van der Waals surface area contributed by atoms with Crippen LogP contribution in [0.2, 0.25) is 0 Å². The first-order chi connectivity index (χ1) is 11.5. The predicted molar refractivity (Wildman–Crippen MR) is 92.4 cm³/mol. The maximum atomic E-state index is 12.5. The minimum Gasteiger partial charge on any atom is -0.352 e. The standard InChI is InChI=1S/C17H30N6O/c1-13(2)22-9-6-14(7-10-22)19-16(24)11-23-8-4-5-15(23)17-20-18-12-21(17)3/h12-15H,4-11H2,1-3H3,(H,19,24). The van der Waals surface area contributed by atoms with E-state index in [1.54, 1.807) is 6.33 Å². The summed E-state index contributed by atoms with van der Waals surface area (Å²) in [5, 5.41) is 11.4. The number of carbonyl (C=O) groups excluding carboxylic acids is 1. The van der Waals surface area contributed by atoms with Gasteiger partial charge in [-0.3, -0.25) is 9.69 Å². The fraction of sp³-hybridized carbons (Fsp3) is 0.824. The molecule has 2 saturated heterocycles. The molecular formula is C17H30N6O. The summed E-state index contributed by atoms with van der Waals surface area (Å²) in [5.74, 6) is 1.11. The van der Waals surface area contributed by atoms with Crippen LogP contribution in [0.1, 0.15) is 51.4 Å². The molecule has 1 atom stereocenters.